The number of carboxylic acids is 2. The molecule has 0 spiro atoms. The summed E-state index contributed by atoms with van der Waals surface area (Å²) in [5.41, 5.74) is -2.60. The lowest BCUT2D eigenvalue weighted by atomic mass is 9.78. The monoisotopic (exact) mass is 821 g/mol. The van der Waals surface area contributed by atoms with E-state index in [1.807, 2.05) is 0 Å². The topological polar surface area (TPSA) is 298 Å². The van der Waals surface area contributed by atoms with Crippen molar-refractivity contribution in [2.75, 3.05) is 29.5 Å². The van der Waals surface area contributed by atoms with E-state index in [-0.39, 0.29) is 48.4 Å². The molecule has 22 heteroatoms. The third-order valence-corrected chi connectivity index (χ3v) is 12.3. The number of benzene rings is 2. The molecule has 0 aromatic heterocycles. The minimum absolute atomic E-state index is 0.00875. The van der Waals surface area contributed by atoms with Gasteiger partial charge in [0, 0.05) is 47.5 Å². The van der Waals surface area contributed by atoms with Crippen molar-refractivity contribution in [3.8, 4) is 0 Å². The first kappa shape index (κ1) is 41.7. The number of anilines is 1. The van der Waals surface area contributed by atoms with Gasteiger partial charge in [0.2, 0.25) is 5.69 Å². The Labute approximate surface area is 305 Å². The molecule has 2 aromatic rings. The second kappa shape index (κ2) is 14.0. The van der Waals surface area contributed by atoms with Crippen LogP contribution in [-0.2, 0) is 51.3 Å². The summed E-state index contributed by atoms with van der Waals surface area (Å²) in [6, 6.07) is 3.62. The van der Waals surface area contributed by atoms with Crippen LogP contribution in [0.1, 0.15) is 72.4 Å². The highest BCUT2D eigenvalue weighted by Crippen LogP contribution is 2.51. The van der Waals surface area contributed by atoms with Crippen LogP contribution in [0.3, 0.4) is 0 Å². The Kier molecular flexibility index (Phi) is 11.0. The number of nitrogens with zero attached hydrogens (tertiary/aromatic N) is 2. The molecule has 0 saturated heterocycles. The van der Waals surface area contributed by atoms with Gasteiger partial charge >= 0.3 is 11.9 Å². The molecular formula is C31H37N2O16S4+. The molecule has 290 valence electrons. The Bertz CT molecular complexity index is 2460. The number of hydrogen-bond acceptors (Lipinski definition) is 11. The molecule has 6 N–H and O–H groups in total. The quantitative estimate of drug-likeness (QED) is 0.118. The summed E-state index contributed by atoms with van der Waals surface area (Å²) in [7, 11) is -18.8. The predicted octanol–water partition coefficient (Wildman–Crippen LogP) is 2.75. The first-order valence-corrected chi connectivity index (χ1v) is 21.6. The number of carbonyl (C=O) groups is 2. The highest BCUT2D eigenvalue weighted by atomic mass is 32.2. The molecule has 2 aliphatic heterocycles. The highest BCUT2D eigenvalue weighted by Gasteiger charge is 2.48. The number of rotatable bonds is 14. The van der Waals surface area contributed by atoms with Gasteiger partial charge in [0.05, 0.1) is 38.5 Å². The normalized spacial score (nSPS) is 17.8. The van der Waals surface area contributed by atoms with Crippen molar-refractivity contribution in [1.82, 2.24) is 0 Å². The van der Waals surface area contributed by atoms with Gasteiger partial charge in [-0.2, -0.15) is 38.2 Å². The molecule has 2 heterocycles. The van der Waals surface area contributed by atoms with Gasteiger partial charge in [-0.05, 0) is 44.5 Å². The molecule has 0 radical (unpaired) electrons. The Hall–Kier alpha value is -4.03. The summed E-state index contributed by atoms with van der Waals surface area (Å²) >= 11 is 0. The van der Waals surface area contributed by atoms with E-state index in [0.29, 0.717) is 11.4 Å². The van der Waals surface area contributed by atoms with E-state index in [1.165, 1.54) is 27.7 Å². The van der Waals surface area contributed by atoms with Crippen molar-refractivity contribution < 1.29 is 76.3 Å². The van der Waals surface area contributed by atoms with Gasteiger partial charge in [-0.15, -0.1) is 0 Å². The summed E-state index contributed by atoms with van der Waals surface area (Å²) in [5.74, 6) is -4.50. The minimum atomic E-state index is -4.93. The smallest absolute Gasteiger partial charge is 0.336 e. The average molecular weight is 822 g/mol. The van der Waals surface area contributed by atoms with Crippen LogP contribution in [0, 0.1) is 0 Å². The van der Waals surface area contributed by atoms with Gasteiger partial charge in [-0.25, -0.2) is 9.59 Å². The number of hydrogen-bond donors (Lipinski definition) is 6. The summed E-state index contributed by atoms with van der Waals surface area (Å²) < 4.78 is 135. The van der Waals surface area contributed by atoms with Gasteiger partial charge in [0.25, 0.3) is 40.5 Å². The summed E-state index contributed by atoms with van der Waals surface area (Å²) in [6.45, 7) is 6.03. The van der Waals surface area contributed by atoms with Crippen molar-refractivity contribution in [3.05, 3.63) is 70.4 Å². The van der Waals surface area contributed by atoms with Gasteiger partial charge in [-0.1, -0.05) is 19.9 Å². The molecular weight excluding hydrogens is 785 g/mol. The molecule has 0 fully saturated rings. The first-order valence-electron chi connectivity index (χ1n) is 15.5. The highest BCUT2D eigenvalue weighted by molar-refractivity contribution is 7.86. The summed E-state index contributed by atoms with van der Waals surface area (Å²) in [5, 5.41) is 20.1. The lowest BCUT2D eigenvalue weighted by molar-refractivity contribution is -0.437. The molecule has 2 aliphatic rings. The van der Waals surface area contributed by atoms with Crippen LogP contribution in [0.5, 0.6) is 0 Å². The first-order chi connectivity index (χ1) is 24.0. The molecule has 4 rings (SSSR count). The molecule has 0 aliphatic carbocycles. The van der Waals surface area contributed by atoms with Crippen molar-refractivity contribution in [1.29, 1.82) is 0 Å². The van der Waals surface area contributed by atoms with Crippen molar-refractivity contribution in [2.45, 2.75) is 61.2 Å². The minimum Gasteiger partial charge on any atom is -0.478 e. The van der Waals surface area contributed by atoms with E-state index < -0.39 is 95.7 Å². The van der Waals surface area contributed by atoms with E-state index in [1.54, 1.807) is 27.7 Å². The number of fused-ring (bicyclic) bond motifs is 2. The maximum atomic E-state index is 12.4. The molecule has 0 amide bonds. The molecule has 18 nitrogen and oxygen atoms in total. The largest absolute Gasteiger partial charge is 0.478 e. The Morgan fingerprint density at radius 1 is 0.717 bits per heavy atom. The number of aromatic carboxylic acids is 2. The Balaban J connectivity index is 1.98. The van der Waals surface area contributed by atoms with Crippen molar-refractivity contribution in [3.63, 3.8) is 0 Å². The predicted molar refractivity (Wildman–Crippen MR) is 189 cm³/mol. The van der Waals surface area contributed by atoms with Crippen molar-refractivity contribution in [2.24, 2.45) is 0 Å². The van der Waals surface area contributed by atoms with Crippen molar-refractivity contribution >= 4 is 69.5 Å². The van der Waals surface area contributed by atoms with E-state index in [4.69, 9.17) is 0 Å². The van der Waals surface area contributed by atoms with E-state index in [0.717, 1.165) is 24.3 Å². The molecule has 0 bridgehead atoms. The fourth-order valence-electron chi connectivity index (χ4n) is 6.89. The average Bonchev–Trinajstić information content (AvgIpc) is 3.32. The maximum Gasteiger partial charge on any atom is 0.336 e. The third kappa shape index (κ3) is 8.70. The SMILES string of the molecule is CC1(C)C(/C=C/C=C2/N(CCCS(=O)(=O)O)c3cc(S(=O)(=O)O)cc(C(=O)O)c3C2(C)C)=[N+](CCCS(=O)(=O)O)c2cc(S(=O)(=O)O)cc(C(=O)O)c21. The molecule has 0 atom stereocenters. The lowest BCUT2D eigenvalue weighted by Gasteiger charge is -2.27. The van der Waals surface area contributed by atoms with Gasteiger partial charge in [0.1, 0.15) is 11.4 Å². The maximum absolute atomic E-state index is 12.4. The van der Waals surface area contributed by atoms with Crippen LogP contribution in [0.2, 0.25) is 0 Å². The van der Waals surface area contributed by atoms with Gasteiger partial charge in [-0.3, -0.25) is 18.2 Å². The number of carboxylic acid groups (broad SMARTS) is 2. The second-order valence-electron chi connectivity index (χ2n) is 13.4. The molecule has 53 heavy (non-hydrogen) atoms. The molecule has 0 saturated carbocycles. The third-order valence-electron chi connectivity index (χ3n) is 9.01. The van der Waals surface area contributed by atoms with Crippen LogP contribution >= 0.6 is 0 Å². The summed E-state index contributed by atoms with van der Waals surface area (Å²) in [6.07, 6.45) is 3.98. The second-order valence-corrected chi connectivity index (χ2v) is 19.4. The zero-order valence-corrected chi connectivity index (χ0v) is 31.8. The summed E-state index contributed by atoms with van der Waals surface area (Å²) in [4.78, 5) is 24.7. The zero-order chi connectivity index (χ0) is 40.3. The van der Waals surface area contributed by atoms with Crippen LogP contribution < -0.4 is 4.90 Å². The van der Waals surface area contributed by atoms with E-state index >= 15 is 0 Å². The van der Waals surface area contributed by atoms with Gasteiger partial charge < -0.3 is 15.1 Å². The lowest BCUT2D eigenvalue weighted by Crippen LogP contribution is -2.30. The standard InChI is InChI=1S/C31H36N2O16S4/c1-30(2)24(32(10-6-12-50(38,39)40)22-16-18(52(44,45)46)14-20(26(22)30)28(34)35)8-5-9-25-31(3,4)27-21(29(36)37)15-19(53(47,48)49)17-23(27)33(25)11-7-13-51(41,42)43/h5,8-9,14-17H,6-7,10-13H2,1-4H3,(H5-,34,35,36,37,38,39,40,41,42,43,44,45,46,47,48,49)/p+1. The van der Waals surface area contributed by atoms with Gasteiger partial charge in [0.15, 0.2) is 5.71 Å². The molecule has 2 aromatic carbocycles. The molecule has 0 unspecified atom stereocenters. The van der Waals surface area contributed by atoms with Crippen LogP contribution in [0.25, 0.3) is 0 Å². The van der Waals surface area contributed by atoms with E-state index in [9.17, 15) is 71.7 Å². The fourth-order valence-corrected chi connectivity index (χ4v) is 8.93. The van der Waals surface area contributed by atoms with E-state index in [2.05, 4.69) is 0 Å². The van der Waals surface area contributed by atoms with Crippen LogP contribution in [0.15, 0.2) is 58.0 Å². The Morgan fingerprint density at radius 3 is 1.70 bits per heavy atom. The van der Waals surface area contributed by atoms with Crippen LogP contribution in [0.4, 0.5) is 11.4 Å². The Morgan fingerprint density at radius 2 is 1.21 bits per heavy atom. The fraction of sp³-hybridized carbons (Fsp3) is 0.387. The number of allylic oxidation sites excluding steroid dienone is 4. The zero-order valence-electron chi connectivity index (χ0n) is 28.6. The van der Waals surface area contributed by atoms with Crippen LogP contribution in [-0.4, -0.2) is 109 Å².